The molecular formula is C24H25IN2O6. The molecular weight excluding hydrogens is 539 g/mol. The van der Waals surface area contributed by atoms with E-state index in [1.54, 1.807) is 43.3 Å². The first-order valence-corrected chi connectivity index (χ1v) is 11.6. The van der Waals surface area contributed by atoms with Crippen molar-refractivity contribution in [3.8, 4) is 17.2 Å². The highest BCUT2D eigenvalue weighted by Gasteiger charge is 2.38. The molecule has 0 atom stereocenters. The number of amides is 4. The second kappa shape index (κ2) is 10.7. The molecule has 0 aliphatic carbocycles. The van der Waals surface area contributed by atoms with Crippen LogP contribution in [0.3, 0.4) is 0 Å². The summed E-state index contributed by atoms with van der Waals surface area (Å²) in [5, 5.41) is 2.24. The average Bonchev–Trinajstić information content (AvgIpc) is 2.75. The molecule has 1 saturated heterocycles. The third kappa shape index (κ3) is 5.47. The molecule has 0 radical (unpaired) electrons. The lowest BCUT2D eigenvalue weighted by Crippen LogP contribution is -2.54. The van der Waals surface area contributed by atoms with Crippen LogP contribution in [0.1, 0.15) is 33.3 Å². The Kier molecular flexibility index (Phi) is 7.96. The summed E-state index contributed by atoms with van der Waals surface area (Å²) < 4.78 is 17.9. The fraction of sp³-hybridized carbons (Fsp3) is 0.292. The minimum absolute atomic E-state index is 0.0578. The molecule has 1 fully saturated rings. The monoisotopic (exact) mass is 564 g/mol. The quantitative estimate of drug-likeness (QED) is 0.288. The first-order valence-electron chi connectivity index (χ1n) is 10.5. The lowest BCUT2D eigenvalue weighted by atomic mass is 10.1. The van der Waals surface area contributed by atoms with E-state index in [9.17, 15) is 14.4 Å². The van der Waals surface area contributed by atoms with E-state index in [-0.39, 0.29) is 17.4 Å². The van der Waals surface area contributed by atoms with Crippen molar-refractivity contribution in [3.63, 3.8) is 0 Å². The fourth-order valence-electron chi connectivity index (χ4n) is 3.25. The highest BCUT2D eigenvalue weighted by atomic mass is 127. The van der Waals surface area contributed by atoms with E-state index in [1.807, 2.05) is 20.8 Å². The van der Waals surface area contributed by atoms with Crippen molar-refractivity contribution in [2.75, 3.05) is 18.1 Å². The normalized spacial score (nSPS) is 15.2. The van der Waals surface area contributed by atoms with Crippen molar-refractivity contribution >= 4 is 52.2 Å². The third-order valence-electron chi connectivity index (χ3n) is 4.50. The Morgan fingerprint density at radius 1 is 1.03 bits per heavy atom. The smallest absolute Gasteiger partial charge is 0.336 e. The van der Waals surface area contributed by atoms with E-state index in [1.165, 1.54) is 6.08 Å². The van der Waals surface area contributed by atoms with E-state index in [2.05, 4.69) is 27.9 Å². The Morgan fingerprint density at radius 2 is 1.70 bits per heavy atom. The average molecular weight is 564 g/mol. The zero-order valence-electron chi connectivity index (χ0n) is 18.8. The lowest BCUT2D eigenvalue weighted by Gasteiger charge is -2.27. The largest absolute Gasteiger partial charge is 0.492 e. The van der Waals surface area contributed by atoms with Crippen molar-refractivity contribution in [2.45, 2.75) is 33.8 Å². The minimum atomic E-state index is -0.834. The molecule has 8 nitrogen and oxygen atoms in total. The van der Waals surface area contributed by atoms with Gasteiger partial charge in [0.1, 0.15) is 11.3 Å². The number of imide groups is 2. The molecule has 0 unspecified atom stereocenters. The SMILES string of the molecule is CCOc1ccccc1N1C(=O)NC(=O)/C(=C\c2cc(I)c(OC(C)C)c(OCC)c2)C1=O. The van der Waals surface area contributed by atoms with Crippen molar-refractivity contribution in [3.05, 3.63) is 51.1 Å². The number of ether oxygens (including phenoxy) is 3. The first-order chi connectivity index (χ1) is 15.8. The van der Waals surface area contributed by atoms with Gasteiger partial charge in [-0.2, -0.15) is 0 Å². The van der Waals surface area contributed by atoms with Gasteiger partial charge in [-0.1, -0.05) is 12.1 Å². The summed E-state index contributed by atoms with van der Waals surface area (Å²) in [6, 6.07) is 9.31. The number of benzene rings is 2. The number of urea groups is 1. The molecule has 0 bridgehead atoms. The summed E-state index contributed by atoms with van der Waals surface area (Å²) >= 11 is 2.12. The molecule has 1 heterocycles. The Bertz CT molecular complexity index is 1110. The number of halogens is 1. The van der Waals surface area contributed by atoms with Crippen molar-refractivity contribution < 1.29 is 28.6 Å². The van der Waals surface area contributed by atoms with Crippen LogP contribution < -0.4 is 24.4 Å². The van der Waals surface area contributed by atoms with Crippen LogP contribution in [0.25, 0.3) is 6.08 Å². The summed E-state index contributed by atoms with van der Waals surface area (Å²) in [7, 11) is 0. The van der Waals surface area contributed by atoms with Gasteiger partial charge in [-0.05, 0) is 86.2 Å². The number of rotatable bonds is 8. The maximum absolute atomic E-state index is 13.3. The zero-order chi connectivity index (χ0) is 24.1. The Labute approximate surface area is 206 Å². The van der Waals surface area contributed by atoms with E-state index in [0.29, 0.717) is 36.0 Å². The van der Waals surface area contributed by atoms with E-state index in [0.717, 1.165) is 8.47 Å². The highest BCUT2D eigenvalue weighted by molar-refractivity contribution is 14.1. The zero-order valence-corrected chi connectivity index (χ0v) is 21.0. The van der Waals surface area contributed by atoms with Gasteiger partial charge in [0.15, 0.2) is 11.5 Å². The molecule has 2 aromatic carbocycles. The van der Waals surface area contributed by atoms with Gasteiger partial charge in [0.05, 0.1) is 28.6 Å². The number of hydrogen-bond acceptors (Lipinski definition) is 6. The Morgan fingerprint density at radius 3 is 2.36 bits per heavy atom. The maximum Gasteiger partial charge on any atom is 0.336 e. The van der Waals surface area contributed by atoms with Crippen molar-refractivity contribution in [2.24, 2.45) is 0 Å². The van der Waals surface area contributed by atoms with Gasteiger partial charge in [-0.15, -0.1) is 0 Å². The van der Waals surface area contributed by atoms with Gasteiger partial charge in [-0.3, -0.25) is 14.9 Å². The van der Waals surface area contributed by atoms with Gasteiger partial charge in [0.25, 0.3) is 11.8 Å². The second-order valence-corrected chi connectivity index (χ2v) is 8.45. The van der Waals surface area contributed by atoms with Crippen molar-refractivity contribution in [1.29, 1.82) is 0 Å². The molecule has 0 aromatic heterocycles. The van der Waals surface area contributed by atoms with E-state index < -0.39 is 17.8 Å². The van der Waals surface area contributed by atoms with Crippen LogP contribution in [0.2, 0.25) is 0 Å². The number of carbonyl (C=O) groups is 3. The number of para-hydroxylation sites is 2. The Hall–Kier alpha value is -3.08. The van der Waals surface area contributed by atoms with Crippen LogP contribution in [0.5, 0.6) is 17.2 Å². The van der Waals surface area contributed by atoms with Gasteiger partial charge >= 0.3 is 6.03 Å². The molecule has 1 N–H and O–H groups in total. The molecule has 174 valence electrons. The van der Waals surface area contributed by atoms with Crippen LogP contribution in [0.4, 0.5) is 10.5 Å². The van der Waals surface area contributed by atoms with Gasteiger partial charge < -0.3 is 14.2 Å². The molecule has 0 saturated carbocycles. The summed E-state index contributed by atoms with van der Waals surface area (Å²) in [5.41, 5.74) is 0.632. The number of hydrogen-bond donors (Lipinski definition) is 1. The van der Waals surface area contributed by atoms with Crippen LogP contribution in [0.15, 0.2) is 42.0 Å². The predicted octanol–water partition coefficient (Wildman–Crippen LogP) is 4.54. The molecule has 2 aromatic rings. The predicted molar refractivity (Wildman–Crippen MR) is 133 cm³/mol. The van der Waals surface area contributed by atoms with E-state index in [4.69, 9.17) is 14.2 Å². The maximum atomic E-state index is 13.3. The number of barbiturate groups is 1. The van der Waals surface area contributed by atoms with Crippen LogP contribution >= 0.6 is 22.6 Å². The molecule has 0 spiro atoms. The first kappa shape index (κ1) is 24.6. The second-order valence-electron chi connectivity index (χ2n) is 7.29. The summed E-state index contributed by atoms with van der Waals surface area (Å²) in [5.74, 6) is -0.0581. The van der Waals surface area contributed by atoms with Crippen LogP contribution in [0, 0.1) is 3.57 Å². The number of nitrogens with zero attached hydrogens (tertiary/aromatic N) is 1. The fourth-order valence-corrected chi connectivity index (χ4v) is 4.00. The number of carbonyl (C=O) groups excluding carboxylic acids is 3. The van der Waals surface area contributed by atoms with Crippen LogP contribution in [-0.2, 0) is 9.59 Å². The van der Waals surface area contributed by atoms with E-state index >= 15 is 0 Å². The molecule has 1 aliphatic rings. The topological polar surface area (TPSA) is 94.2 Å². The molecule has 4 amide bonds. The molecule has 9 heteroatoms. The van der Waals surface area contributed by atoms with Gasteiger partial charge in [0, 0.05) is 0 Å². The van der Waals surface area contributed by atoms with Crippen molar-refractivity contribution in [1.82, 2.24) is 5.32 Å². The highest BCUT2D eigenvalue weighted by Crippen LogP contribution is 2.36. The molecule has 33 heavy (non-hydrogen) atoms. The summed E-state index contributed by atoms with van der Waals surface area (Å²) in [4.78, 5) is 39.3. The molecule has 3 rings (SSSR count). The minimum Gasteiger partial charge on any atom is -0.492 e. The van der Waals surface area contributed by atoms with Gasteiger partial charge in [-0.25, -0.2) is 9.69 Å². The summed E-state index contributed by atoms with van der Waals surface area (Å²) in [6.45, 7) is 8.26. The third-order valence-corrected chi connectivity index (χ3v) is 5.31. The lowest BCUT2D eigenvalue weighted by molar-refractivity contribution is -0.122. The van der Waals surface area contributed by atoms with Gasteiger partial charge in [0.2, 0.25) is 0 Å². The Balaban J connectivity index is 2.05. The molecule has 1 aliphatic heterocycles. The standard InChI is InChI=1S/C24H25IN2O6/c1-5-31-19-10-8-7-9-18(19)27-23(29)16(22(28)26-24(27)30)11-15-12-17(25)21(33-14(3)4)20(13-15)32-6-2/h7-14H,5-6H2,1-4H3,(H,26,28,30)/b16-11+. The number of nitrogens with one attached hydrogen (secondary N) is 1. The van der Waals surface area contributed by atoms with Crippen LogP contribution in [-0.4, -0.2) is 37.2 Å². The summed E-state index contributed by atoms with van der Waals surface area (Å²) in [6.07, 6.45) is 1.38. The number of anilines is 1.